The number of hydrogen-bond acceptors (Lipinski definition) is 4. The average Bonchev–Trinajstić information content (AvgIpc) is 2.36. The van der Waals surface area contributed by atoms with Crippen LogP contribution >= 0.6 is 0 Å². The Labute approximate surface area is 107 Å². The zero-order valence-electron chi connectivity index (χ0n) is 10.5. The Hall–Kier alpha value is -1.66. The van der Waals surface area contributed by atoms with Crippen LogP contribution in [0.4, 0.5) is 0 Å². The lowest BCUT2D eigenvalue weighted by Gasteiger charge is -2.10. The van der Waals surface area contributed by atoms with Crippen LogP contribution in [0.1, 0.15) is 5.56 Å². The monoisotopic (exact) mass is 269 g/mol. The van der Waals surface area contributed by atoms with Crippen LogP contribution in [-0.4, -0.2) is 39.9 Å². The highest BCUT2D eigenvalue weighted by Gasteiger charge is 2.16. The highest BCUT2D eigenvalue weighted by atomic mass is 32.2. The maximum absolute atomic E-state index is 11.8. The van der Waals surface area contributed by atoms with Crippen molar-refractivity contribution < 1.29 is 17.9 Å². The topological polar surface area (TPSA) is 63.7 Å². The molecule has 0 bridgehead atoms. The van der Waals surface area contributed by atoms with E-state index in [1.54, 1.807) is 18.2 Å². The highest BCUT2D eigenvalue weighted by molar-refractivity contribution is 7.89. The minimum Gasteiger partial charge on any atom is -0.466 e. The molecular formula is C12H15NO4S. The van der Waals surface area contributed by atoms with Gasteiger partial charge < -0.3 is 4.74 Å². The molecule has 0 aromatic heterocycles. The van der Waals surface area contributed by atoms with Crippen molar-refractivity contribution in [3.8, 4) is 0 Å². The third-order valence-corrected chi connectivity index (χ3v) is 4.10. The zero-order chi connectivity index (χ0) is 13.8. The Morgan fingerprint density at radius 1 is 1.22 bits per heavy atom. The molecule has 1 aromatic rings. The van der Waals surface area contributed by atoms with Crippen molar-refractivity contribution in [2.45, 2.75) is 4.90 Å². The summed E-state index contributed by atoms with van der Waals surface area (Å²) in [6.45, 7) is 0. The Bertz CT molecular complexity index is 544. The summed E-state index contributed by atoms with van der Waals surface area (Å²) in [6.07, 6.45) is 2.83. The minimum absolute atomic E-state index is 0.211. The Morgan fingerprint density at radius 2 is 1.78 bits per heavy atom. The lowest BCUT2D eigenvalue weighted by Crippen LogP contribution is -2.22. The van der Waals surface area contributed by atoms with Crippen LogP contribution in [0.25, 0.3) is 6.08 Å². The van der Waals surface area contributed by atoms with Crippen molar-refractivity contribution in [1.29, 1.82) is 0 Å². The molecule has 0 aliphatic rings. The van der Waals surface area contributed by atoms with Crippen molar-refractivity contribution in [2.24, 2.45) is 0 Å². The van der Waals surface area contributed by atoms with E-state index < -0.39 is 16.0 Å². The summed E-state index contributed by atoms with van der Waals surface area (Å²) in [5.74, 6) is -0.458. The number of esters is 1. The molecule has 0 fully saturated rings. The summed E-state index contributed by atoms with van der Waals surface area (Å²) >= 11 is 0. The quantitative estimate of drug-likeness (QED) is 0.607. The van der Waals surface area contributed by atoms with Gasteiger partial charge in [0.25, 0.3) is 0 Å². The second kappa shape index (κ2) is 5.79. The summed E-state index contributed by atoms with van der Waals surface area (Å²) in [5.41, 5.74) is 0.720. The van der Waals surface area contributed by atoms with Crippen LogP contribution < -0.4 is 0 Å². The normalized spacial score (nSPS) is 12.0. The fourth-order valence-corrected chi connectivity index (χ4v) is 2.10. The van der Waals surface area contributed by atoms with Gasteiger partial charge in [-0.05, 0) is 23.8 Å². The molecule has 0 saturated heterocycles. The first-order chi connectivity index (χ1) is 8.37. The number of nitrogens with zero attached hydrogens (tertiary/aromatic N) is 1. The second-order valence-corrected chi connectivity index (χ2v) is 5.86. The molecule has 0 N–H and O–H groups in total. The summed E-state index contributed by atoms with van der Waals surface area (Å²) in [5, 5.41) is 0. The number of ether oxygens (including phenoxy) is 1. The van der Waals surface area contributed by atoms with E-state index >= 15 is 0 Å². The largest absolute Gasteiger partial charge is 0.466 e. The Kier molecular flexibility index (Phi) is 4.63. The van der Waals surface area contributed by atoms with Gasteiger partial charge in [0.2, 0.25) is 10.0 Å². The van der Waals surface area contributed by atoms with Crippen molar-refractivity contribution in [2.75, 3.05) is 21.2 Å². The maximum Gasteiger partial charge on any atom is 0.330 e. The molecule has 98 valence electrons. The molecule has 0 unspecified atom stereocenters. The summed E-state index contributed by atoms with van der Waals surface area (Å²) in [6, 6.07) is 6.23. The van der Waals surface area contributed by atoms with Gasteiger partial charge in [-0.25, -0.2) is 17.5 Å². The van der Waals surface area contributed by atoms with Crippen molar-refractivity contribution >= 4 is 22.1 Å². The van der Waals surface area contributed by atoms with E-state index in [2.05, 4.69) is 4.74 Å². The van der Waals surface area contributed by atoms with Gasteiger partial charge in [-0.1, -0.05) is 12.1 Å². The van der Waals surface area contributed by atoms with Crippen molar-refractivity contribution in [1.82, 2.24) is 4.31 Å². The third-order valence-electron chi connectivity index (χ3n) is 2.27. The lowest BCUT2D eigenvalue weighted by atomic mass is 10.2. The van der Waals surface area contributed by atoms with Crippen LogP contribution in [0.15, 0.2) is 35.2 Å². The molecule has 0 saturated carbocycles. The van der Waals surface area contributed by atoms with Gasteiger partial charge in [0, 0.05) is 20.2 Å². The summed E-state index contributed by atoms with van der Waals surface area (Å²) in [4.78, 5) is 11.1. The van der Waals surface area contributed by atoms with Crippen molar-refractivity contribution in [3.05, 3.63) is 35.9 Å². The van der Waals surface area contributed by atoms with Crippen LogP contribution in [0.3, 0.4) is 0 Å². The van der Waals surface area contributed by atoms with Gasteiger partial charge in [-0.15, -0.1) is 0 Å². The van der Waals surface area contributed by atoms with E-state index in [4.69, 9.17) is 0 Å². The fourth-order valence-electron chi connectivity index (χ4n) is 1.19. The molecule has 0 atom stereocenters. The zero-order valence-corrected chi connectivity index (χ0v) is 11.3. The van der Waals surface area contributed by atoms with Gasteiger partial charge in [-0.3, -0.25) is 0 Å². The van der Waals surface area contributed by atoms with E-state index in [0.717, 1.165) is 9.87 Å². The number of benzene rings is 1. The molecule has 0 radical (unpaired) electrons. The standard InChI is InChI=1S/C12H15NO4S/c1-13(2)18(15,16)11-7-4-10(5-8-11)6-9-12(14)17-3/h4-9H,1-3H3/b9-6+. The second-order valence-electron chi connectivity index (χ2n) is 3.71. The number of methoxy groups -OCH3 is 1. The maximum atomic E-state index is 11.8. The van der Waals surface area contributed by atoms with Crippen LogP contribution in [0, 0.1) is 0 Å². The Morgan fingerprint density at radius 3 is 2.22 bits per heavy atom. The predicted molar refractivity (Wildman–Crippen MR) is 68.4 cm³/mol. The number of rotatable bonds is 4. The molecule has 5 nitrogen and oxygen atoms in total. The van der Waals surface area contributed by atoms with Gasteiger partial charge in [0.1, 0.15) is 0 Å². The minimum atomic E-state index is -3.41. The number of hydrogen-bond donors (Lipinski definition) is 0. The van der Waals surface area contributed by atoms with Crippen LogP contribution in [0.2, 0.25) is 0 Å². The molecule has 6 heteroatoms. The highest BCUT2D eigenvalue weighted by Crippen LogP contribution is 2.14. The first kappa shape index (κ1) is 14.4. The van der Waals surface area contributed by atoms with Crippen LogP contribution in [-0.2, 0) is 19.6 Å². The molecule has 0 aliphatic heterocycles. The average molecular weight is 269 g/mol. The van der Waals surface area contributed by atoms with E-state index in [-0.39, 0.29) is 4.90 Å². The fraction of sp³-hybridized carbons (Fsp3) is 0.250. The molecule has 0 amide bonds. The van der Waals surface area contributed by atoms with Crippen molar-refractivity contribution in [3.63, 3.8) is 0 Å². The summed E-state index contributed by atoms with van der Waals surface area (Å²) < 4.78 is 29.2. The van der Waals surface area contributed by atoms with Gasteiger partial charge in [-0.2, -0.15) is 0 Å². The first-order valence-electron chi connectivity index (χ1n) is 5.16. The predicted octanol–water partition coefficient (Wildman–Crippen LogP) is 1.12. The molecule has 0 heterocycles. The molecule has 18 heavy (non-hydrogen) atoms. The molecule has 1 aromatic carbocycles. The molecular weight excluding hydrogens is 254 g/mol. The molecule has 0 spiro atoms. The smallest absolute Gasteiger partial charge is 0.330 e. The molecule has 1 rings (SSSR count). The SMILES string of the molecule is COC(=O)/C=C/c1ccc(S(=O)(=O)N(C)C)cc1. The van der Waals surface area contributed by atoms with Gasteiger partial charge in [0.15, 0.2) is 0 Å². The van der Waals surface area contributed by atoms with E-state index in [1.165, 1.54) is 39.4 Å². The van der Waals surface area contributed by atoms with E-state index in [0.29, 0.717) is 0 Å². The first-order valence-corrected chi connectivity index (χ1v) is 6.60. The van der Waals surface area contributed by atoms with Gasteiger partial charge in [0.05, 0.1) is 12.0 Å². The van der Waals surface area contributed by atoms with Crippen LogP contribution in [0.5, 0.6) is 0 Å². The Balaban J connectivity index is 2.94. The van der Waals surface area contributed by atoms with E-state index in [9.17, 15) is 13.2 Å². The number of carbonyl (C=O) groups excluding carboxylic acids is 1. The van der Waals surface area contributed by atoms with Gasteiger partial charge >= 0.3 is 5.97 Å². The number of carbonyl (C=O) groups is 1. The third kappa shape index (κ3) is 3.41. The number of sulfonamides is 1. The lowest BCUT2D eigenvalue weighted by molar-refractivity contribution is -0.134. The van der Waals surface area contributed by atoms with E-state index in [1.807, 2.05) is 0 Å². The molecule has 0 aliphatic carbocycles. The summed E-state index contributed by atoms with van der Waals surface area (Å²) in [7, 11) is 0.824.